The molecule has 0 saturated heterocycles. The van der Waals surface area contributed by atoms with Gasteiger partial charge >= 0.3 is 5.97 Å². The van der Waals surface area contributed by atoms with Crippen LogP contribution in [0.3, 0.4) is 0 Å². The predicted octanol–water partition coefficient (Wildman–Crippen LogP) is 3.28. The summed E-state index contributed by atoms with van der Waals surface area (Å²) < 4.78 is 10.5. The highest BCUT2D eigenvalue weighted by atomic mass is 16.5. The summed E-state index contributed by atoms with van der Waals surface area (Å²) in [4.78, 5) is 23.6. The number of carbonyl (C=O) groups excluding carboxylic acids is 1. The Labute approximate surface area is 159 Å². The number of nitrogens with one attached hydrogen (secondary N) is 1. The first-order valence-corrected chi connectivity index (χ1v) is 8.71. The van der Waals surface area contributed by atoms with E-state index in [0.717, 1.165) is 11.1 Å². The summed E-state index contributed by atoms with van der Waals surface area (Å²) in [7, 11) is 3.04. The number of carboxylic acids is 1. The topological polar surface area (TPSA) is 84.9 Å². The molecule has 0 bridgehead atoms. The van der Waals surface area contributed by atoms with Gasteiger partial charge in [-0.3, -0.25) is 9.59 Å². The fraction of sp³-hybridized carbons (Fsp3) is 0.333. The number of ether oxygens (including phenoxy) is 2. The molecule has 1 unspecified atom stereocenters. The van der Waals surface area contributed by atoms with Gasteiger partial charge in [0, 0.05) is 6.42 Å². The smallest absolute Gasteiger partial charge is 0.305 e. The molecule has 6 heteroatoms. The first-order valence-electron chi connectivity index (χ1n) is 8.71. The number of benzene rings is 2. The van der Waals surface area contributed by atoms with Gasteiger partial charge in [0.25, 0.3) is 0 Å². The van der Waals surface area contributed by atoms with E-state index < -0.39 is 12.0 Å². The minimum absolute atomic E-state index is 0.197. The molecule has 2 N–H and O–H groups in total. The standard InChI is InChI=1S/C21H25NO5/c1-14-5-4-6-15(11-14)7-10-20(23)22-17(13-21(24)25)16-8-9-18(26-2)19(12-16)27-3/h4-6,8-9,11-12,17H,7,10,13H2,1-3H3,(H,22,23)(H,24,25). The van der Waals surface area contributed by atoms with Crippen LogP contribution in [-0.2, 0) is 16.0 Å². The third-order valence-electron chi connectivity index (χ3n) is 4.25. The van der Waals surface area contributed by atoms with Gasteiger partial charge in [-0.25, -0.2) is 0 Å². The van der Waals surface area contributed by atoms with Gasteiger partial charge in [-0.1, -0.05) is 35.9 Å². The Morgan fingerprint density at radius 3 is 2.44 bits per heavy atom. The normalized spacial score (nSPS) is 11.5. The Hall–Kier alpha value is -3.02. The Morgan fingerprint density at radius 1 is 1.07 bits per heavy atom. The number of carboxylic acid groups (broad SMARTS) is 1. The second-order valence-electron chi connectivity index (χ2n) is 6.32. The molecule has 0 aliphatic rings. The van der Waals surface area contributed by atoms with Crippen molar-refractivity contribution in [1.29, 1.82) is 0 Å². The van der Waals surface area contributed by atoms with Crippen LogP contribution in [0.15, 0.2) is 42.5 Å². The van der Waals surface area contributed by atoms with Crippen LogP contribution in [0, 0.1) is 6.92 Å². The third kappa shape index (κ3) is 6.02. The molecule has 1 atom stereocenters. The minimum Gasteiger partial charge on any atom is -0.493 e. The zero-order valence-electron chi connectivity index (χ0n) is 15.8. The molecule has 0 heterocycles. The number of carbonyl (C=O) groups is 2. The van der Waals surface area contributed by atoms with Gasteiger partial charge in [0.1, 0.15) is 0 Å². The Kier molecular flexibility index (Phi) is 7.23. The Balaban J connectivity index is 2.09. The van der Waals surface area contributed by atoms with E-state index in [-0.39, 0.29) is 18.7 Å². The number of aliphatic carboxylic acids is 1. The maximum Gasteiger partial charge on any atom is 0.305 e. The van der Waals surface area contributed by atoms with Crippen LogP contribution < -0.4 is 14.8 Å². The van der Waals surface area contributed by atoms with Crippen molar-refractivity contribution in [2.24, 2.45) is 0 Å². The summed E-state index contributed by atoms with van der Waals surface area (Å²) in [6, 6.07) is 12.4. The van der Waals surface area contributed by atoms with E-state index in [2.05, 4.69) is 5.32 Å². The highest BCUT2D eigenvalue weighted by Crippen LogP contribution is 2.31. The second kappa shape index (κ2) is 9.62. The average Bonchev–Trinajstić information content (AvgIpc) is 2.65. The molecule has 144 valence electrons. The molecular weight excluding hydrogens is 346 g/mol. The first-order chi connectivity index (χ1) is 12.9. The van der Waals surface area contributed by atoms with E-state index in [4.69, 9.17) is 9.47 Å². The van der Waals surface area contributed by atoms with Crippen molar-refractivity contribution in [3.63, 3.8) is 0 Å². The predicted molar refractivity (Wildman–Crippen MR) is 102 cm³/mol. The molecule has 2 aromatic carbocycles. The maximum atomic E-state index is 12.4. The number of rotatable bonds is 9. The van der Waals surface area contributed by atoms with Gasteiger partial charge in [-0.05, 0) is 36.6 Å². The monoisotopic (exact) mass is 371 g/mol. The van der Waals surface area contributed by atoms with Crippen LogP contribution in [-0.4, -0.2) is 31.2 Å². The van der Waals surface area contributed by atoms with Crippen LogP contribution in [0.4, 0.5) is 0 Å². The summed E-state index contributed by atoms with van der Waals surface area (Å²) in [6.45, 7) is 2.00. The van der Waals surface area contributed by atoms with Crippen LogP contribution in [0.1, 0.15) is 35.6 Å². The van der Waals surface area contributed by atoms with Crippen molar-refractivity contribution in [2.75, 3.05) is 14.2 Å². The summed E-state index contributed by atoms with van der Waals surface area (Å²) >= 11 is 0. The summed E-state index contributed by atoms with van der Waals surface area (Å²) in [5.41, 5.74) is 2.87. The fourth-order valence-electron chi connectivity index (χ4n) is 2.89. The zero-order valence-corrected chi connectivity index (χ0v) is 15.8. The second-order valence-corrected chi connectivity index (χ2v) is 6.32. The number of aryl methyl sites for hydroxylation is 2. The fourth-order valence-corrected chi connectivity index (χ4v) is 2.89. The first kappa shape index (κ1) is 20.3. The quantitative estimate of drug-likeness (QED) is 0.707. The molecule has 27 heavy (non-hydrogen) atoms. The van der Waals surface area contributed by atoms with E-state index in [1.54, 1.807) is 18.2 Å². The summed E-state index contributed by atoms with van der Waals surface area (Å²) in [5, 5.41) is 12.0. The Morgan fingerprint density at radius 2 is 1.81 bits per heavy atom. The van der Waals surface area contributed by atoms with Gasteiger partial charge in [-0.15, -0.1) is 0 Å². The lowest BCUT2D eigenvalue weighted by Crippen LogP contribution is -2.30. The summed E-state index contributed by atoms with van der Waals surface area (Å²) in [5.74, 6) is -0.160. The van der Waals surface area contributed by atoms with Gasteiger partial charge in [0.15, 0.2) is 11.5 Å². The SMILES string of the molecule is COc1ccc(C(CC(=O)O)NC(=O)CCc2cccc(C)c2)cc1OC. The molecule has 0 aromatic heterocycles. The molecule has 2 aromatic rings. The molecule has 0 aliphatic heterocycles. The van der Waals surface area contributed by atoms with Crippen molar-refractivity contribution in [3.8, 4) is 11.5 Å². The lowest BCUT2D eigenvalue weighted by atomic mass is 10.0. The van der Waals surface area contributed by atoms with Crippen molar-refractivity contribution < 1.29 is 24.2 Å². The molecule has 2 rings (SSSR count). The summed E-state index contributed by atoms with van der Waals surface area (Å²) in [6.07, 6.45) is 0.664. The molecular formula is C21H25NO5. The van der Waals surface area contributed by atoms with Gasteiger partial charge in [-0.2, -0.15) is 0 Å². The number of amides is 1. The van der Waals surface area contributed by atoms with Crippen molar-refractivity contribution >= 4 is 11.9 Å². The van der Waals surface area contributed by atoms with Gasteiger partial charge < -0.3 is 19.9 Å². The average molecular weight is 371 g/mol. The molecule has 0 aliphatic carbocycles. The molecule has 0 radical (unpaired) electrons. The van der Waals surface area contributed by atoms with Crippen molar-refractivity contribution in [2.45, 2.75) is 32.2 Å². The van der Waals surface area contributed by atoms with E-state index in [9.17, 15) is 14.7 Å². The van der Waals surface area contributed by atoms with E-state index in [1.165, 1.54) is 14.2 Å². The maximum absolute atomic E-state index is 12.4. The van der Waals surface area contributed by atoms with Crippen LogP contribution in [0.5, 0.6) is 11.5 Å². The highest BCUT2D eigenvalue weighted by molar-refractivity contribution is 5.78. The lowest BCUT2D eigenvalue weighted by Gasteiger charge is -2.19. The molecule has 0 spiro atoms. The molecule has 0 saturated carbocycles. The van der Waals surface area contributed by atoms with Crippen molar-refractivity contribution in [1.82, 2.24) is 5.32 Å². The minimum atomic E-state index is -0.992. The third-order valence-corrected chi connectivity index (χ3v) is 4.25. The Bertz CT molecular complexity index is 803. The largest absolute Gasteiger partial charge is 0.493 e. The van der Waals surface area contributed by atoms with Crippen LogP contribution >= 0.6 is 0 Å². The van der Waals surface area contributed by atoms with E-state index in [1.807, 2.05) is 31.2 Å². The van der Waals surface area contributed by atoms with E-state index >= 15 is 0 Å². The van der Waals surface area contributed by atoms with Crippen LogP contribution in [0.2, 0.25) is 0 Å². The molecule has 6 nitrogen and oxygen atoms in total. The van der Waals surface area contributed by atoms with Gasteiger partial charge in [0.2, 0.25) is 5.91 Å². The zero-order chi connectivity index (χ0) is 19.8. The van der Waals surface area contributed by atoms with E-state index in [0.29, 0.717) is 23.5 Å². The van der Waals surface area contributed by atoms with Crippen molar-refractivity contribution in [3.05, 3.63) is 59.2 Å². The number of methoxy groups -OCH3 is 2. The number of hydrogen-bond donors (Lipinski definition) is 2. The van der Waals surface area contributed by atoms with Crippen LogP contribution in [0.25, 0.3) is 0 Å². The molecule has 0 fully saturated rings. The van der Waals surface area contributed by atoms with Gasteiger partial charge in [0.05, 0.1) is 26.7 Å². The lowest BCUT2D eigenvalue weighted by molar-refractivity contribution is -0.137. The highest BCUT2D eigenvalue weighted by Gasteiger charge is 2.20. The number of hydrogen-bond acceptors (Lipinski definition) is 4. The molecule has 1 amide bonds.